The molecule has 244 valence electrons. The first-order chi connectivity index (χ1) is 25.8. The monoisotopic (exact) mass is 700 g/mol. The maximum absolute atomic E-state index is 4.72. The van der Waals surface area contributed by atoms with Gasteiger partial charge >= 0.3 is 0 Å². The molecule has 4 nitrogen and oxygen atoms in total. The Kier molecular flexibility index (Phi) is 7.48. The van der Waals surface area contributed by atoms with Gasteiger partial charge in [0, 0.05) is 35.5 Å². The third-order valence-corrected chi connectivity index (χ3v) is 11.3. The minimum absolute atomic E-state index is 0.871. The molecule has 0 atom stereocenters. The molecule has 0 N–H and O–H groups in total. The number of benzene rings is 6. The molecule has 6 aromatic carbocycles. The molecule has 0 aliphatic rings. The Labute approximate surface area is 308 Å². The van der Waals surface area contributed by atoms with Crippen molar-refractivity contribution in [2.45, 2.75) is 0 Å². The summed E-state index contributed by atoms with van der Waals surface area (Å²) in [5, 5.41) is 13.0. The number of fused-ring (bicyclic) bond motifs is 3. The lowest BCUT2D eigenvalue weighted by molar-refractivity contribution is 1.29. The van der Waals surface area contributed by atoms with Gasteiger partial charge < -0.3 is 0 Å². The van der Waals surface area contributed by atoms with E-state index in [9.17, 15) is 0 Å². The molecule has 0 aliphatic heterocycles. The van der Waals surface area contributed by atoms with Gasteiger partial charge in [-0.1, -0.05) is 103 Å². The van der Waals surface area contributed by atoms with E-state index in [1.807, 2.05) is 35.5 Å². The second kappa shape index (κ2) is 12.8. The standard InChI is InChI=1S/C46H28N4S2/c1-2-8-35-30(6-1)7-5-11-36(35)31-14-12-29(13-15-31)32-16-17-39-40(26-32)44(34-19-21-48-42(28-34)46-50-23-25-52-46)38-10-4-3-9-37(38)43(39)33-18-20-47-41(27-33)45-49-22-24-51-45/h1-28H. The summed E-state index contributed by atoms with van der Waals surface area (Å²) in [6.45, 7) is 0. The van der Waals surface area contributed by atoms with Crippen LogP contribution >= 0.6 is 22.7 Å². The summed E-state index contributed by atoms with van der Waals surface area (Å²) in [4.78, 5) is 18.6. The first kappa shape index (κ1) is 30.5. The molecule has 0 radical (unpaired) electrons. The SMILES string of the molecule is c1ccc2c(-c3ccc(-c4ccc5c(-c6ccnc(-c7nccs7)c6)c6ccccc6c(-c6ccnc(-c7nccs7)c6)c5c4)cc3)cccc2c1. The van der Waals surface area contributed by atoms with Crippen molar-refractivity contribution in [3.63, 3.8) is 0 Å². The highest BCUT2D eigenvalue weighted by Gasteiger charge is 2.19. The summed E-state index contributed by atoms with van der Waals surface area (Å²) in [6, 6.07) is 48.3. The zero-order valence-corrected chi connectivity index (χ0v) is 29.4. The molecular weight excluding hydrogens is 673 g/mol. The maximum atomic E-state index is 4.72. The van der Waals surface area contributed by atoms with Crippen molar-refractivity contribution in [3.05, 3.63) is 169 Å². The number of hydrogen-bond acceptors (Lipinski definition) is 6. The van der Waals surface area contributed by atoms with Crippen molar-refractivity contribution in [3.8, 4) is 65.9 Å². The normalized spacial score (nSPS) is 11.5. The van der Waals surface area contributed by atoms with Crippen LogP contribution in [-0.4, -0.2) is 19.9 Å². The van der Waals surface area contributed by atoms with E-state index in [1.165, 1.54) is 60.1 Å². The Bertz CT molecular complexity index is 2890. The molecule has 4 heterocycles. The molecule has 0 saturated carbocycles. The molecule has 0 unspecified atom stereocenters. The fourth-order valence-electron chi connectivity index (χ4n) is 7.41. The highest BCUT2D eigenvalue weighted by Crippen LogP contribution is 2.46. The van der Waals surface area contributed by atoms with Crippen LogP contribution in [0.1, 0.15) is 0 Å². The van der Waals surface area contributed by atoms with E-state index in [0.29, 0.717) is 0 Å². The molecule has 0 fully saturated rings. The minimum atomic E-state index is 0.871. The smallest absolute Gasteiger partial charge is 0.141 e. The fourth-order valence-corrected chi connectivity index (χ4v) is 8.61. The van der Waals surface area contributed by atoms with Crippen LogP contribution in [0.4, 0.5) is 0 Å². The molecule has 0 saturated heterocycles. The number of thiazole rings is 2. The third kappa shape index (κ3) is 5.28. The quantitative estimate of drug-likeness (QED) is 0.162. The Morgan fingerprint density at radius 3 is 1.52 bits per heavy atom. The highest BCUT2D eigenvalue weighted by molar-refractivity contribution is 7.13. The molecule has 52 heavy (non-hydrogen) atoms. The number of pyridine rings is 2. The summed E-state index contributed by atoms with van der Waals surface area (Å²) in [5.41, 5.74) is 11.1. The van der Waals surface area contributed by atoms with Crippen molar-refractivity contribution in [2.24, 2.45) is 0 Å². The average molecular weight is 701 g/mol. The summed E-state index contributed by atoms with van der Waals surface area (Å²) in [6.07, 6.45) is 7.47. The van der Waals surface area contributed by atoms with Gasteiger partial charge in [0.15, 0.2) is 0 Å². The van der Waals surface area contributed by atoms with Gasteiger partial charge in [0.05, 0.1) is 11.4 Å². The van der Waals surface area contributed by atoms with Crippen molar-refractivity contribution in [1.82, 2.24) is 19.9 Å². The summed E-state index contributed by atoms with van der Waals surface area (Å²) < 4.78 is 0. The molecular formula is C46H28N4S2. The Morgan fingerprint density at radius 2 is 0.885 bits per heavy atom. The number of nitrogens with zero attached hydrogens (tertiary/aromatic N) is 4. The van der Waals surface area contributed by atoms with Crippen LogP contribution in [0.3, 0.4) is 0 Å². The Balaban J connectivity index is 1.20. The van der Waals surface area contributed by atoms with Gasteiger partial charge in [-0.05, 0) is 107 Å². The van der Waals surface area contributed by atoms with Crippen molar-refractivity contribution in [2.75, 3.05) is 0 Å². The van der Waals surface area contributed by atoms with E-state index in [2.05, 4.69) is 143 Å². The third-order valence-electron chi connectivity index (χ3n) is 9.74. The first-order valence-electron chi connectivity index (χ1n) is 17.1. The number of rotatable bonds is 6. The van der Waals surface area contributed by atoms with Gasteiger partial charge in [-0.2, -0.15) is 0 Å². The van der Waals surface area contributed by atoms with E-state index in [0.717, 1.165) is 38.1 Å². The van der Waals surface area contributed by atoms with Crippen LogP contribution in [-0.2, 0) is 0 Å². The van der Waals surface area contributed by atoms with Gasteiger partial charge in [-0.3, -0.25) is 9.97 Å². The van der Waals surface area contributed by atoms with Gasteiger partial charge in [0.2, 0.25) is 0 Å². The van der Waals surface area contributed by atoms with Crippen LogP contribution in [0.2, 0.25) is 0 Å². The summed E-state index contributed by atoms with van der Waals surface area (Å²) in [5.74, 6) is 0. The first-order valence-corrected chi connectivity index (χ1v) is 18.8. The molecule has 0 amide bonds. The molecule has 10 rings (SSSR count). The largest absolute Gasteiger partial charge is 0.254 e. The second-order valence-corrected chi connectivity index (χ2v) is 14.5. The van der Waals surface area contributed by atoms with Crippen LogP contribution in [0.25, 0.3) is 98.2 Å². The average Bonchev–Trinajstić information content (AvgIpc) is 3.96. The number of hydrogen-bond donors (Lipinski definition) is 0. The van der Waals surface area contributed by atoms with Crippen LogP contribution in [0.5, 0.6) is 0 Å². The predicted molar refractivity (Wildman–Crippen MR) is 219 cm³/mol. The van der Waals surface area contributed by atoms with E-state index in [1.54, 1.807) is 22.7 Å². The maximum Gasteiger partial charge on any atom is 0.141 e. The molecule has 0 spiro atoms. The highest BCUT2D eigenvalue weighted by atomic mass is 32.1. The van der Waals surface area contributed by atoms with Crippen molar-refractivity contribution >= 4 is 55.0 Å². The summed E-state index contributed by atoms with van der Waals surface area (Å²) >= 11 is 3.21. The molecule has 4 aromatic heterocycles. The summed E-state index contributed by atoms with van der Waals surface area (Å²) in [7, 11) is 0. The Hall–Kier alpha value is -6.34. The van der Waals surface area contributed by atoms with Crippen LogP contribution in [0, 0.1) is 0 Å². The van der Waals surface area contributed by atoms with Crippen molar-refractivity contribution in [1.29, 1.82) is 0 Å². The molecule has 6 heteroatoms. The number of aromatic nitrogens is 4. The van der Waals surface area contributed by atoms with Gasteiger partial charge in [0.1, 0.15) is 10.0 Å². The van der Waals surface area contributed by atoms with E-state index >= 15 is 0 Å². The lowest BCUT2D eigenvalue weighted by atomic mass is 9.85. The second-order valence-electron chi connectivity index (χ2n) is 12.7. The topological polar surface area (TPSA) is 51.6 Å². The Morgan fingerprint density at radius 1 is 0.346 bits per heavy atom. The van der Waals surface area contributed by atoms with Crippen LogP contribution < -0.4 is 0 Å². The van der Waals surface area contributed by atoms with Gasteiger partial charge in [0.25, 0.3) is 0 Å². The van der Waals surface area contributed by atoms with Crippen molar-refractivity contribution < 1.29 is 0 Å². The van der Waals surface area contributed by atoms with Crippen LogP contribution in [0.15, 0.2) is 169 Å². The van der Waals surface area contributed by atoms with Gasteiger partial charge in [-0.25, -0.2) is 9.97 Å². The zero-order valence-electron chi connectivity index (χ0n) is 27.8. The molecule has 10 aromatic rings. The fraction of sp³-hybridized carbons (Fsp3) is 0. The lowest BCUT2D eigenvalue weighted by Gasteiger charge is -2.19. The molecule has 0 aliphatic carbocycles. The minimum Gasteiger partial charge on any atom is -0.254 e. The van der Waals surface area contributed by atoms with E-state index in [4.69, 9.17) is 9.97 Å². The lowest BCUT2D eigenvalue weighted by Crippen LogP contribution is -1.93. The van der Waals surface area contributed by atoms with Gasteiger partial charge in [-0.15, -0.1) is 22.7 Å². The zero-order chi connectivity index (χ0) is 34.4. The van der Waals surface area contributed by atoms with E-state index < -0.39 is 0 Å². The molecule has 0 bridgehead atoms. The van der Waals surface area contributed by atoms with E-state index in [-0.39, 0.29) is 0 Å². The predicted octanol–water partition coefficient (Wildman–Crippen LogP) is 12.9.